The first kappa shape index (κ1) is 14.9. The van der Waals surface area contributed by atoms with E-state index in [0.717, 1.165) is 30.9 Å². The Morgan fingerprint density at radius 1 is 1.35 bits per heavy atom. The van der Waals surface area contributed by atoms with E-state index in [-0.39, 0.29) is 0 Å². The van der Waals surface area contributed by atoms with Crippen LogP contribution in [0, 0.1) is 5.92 Å². The van der Waals surface area contributed by atoms with E-state index in [4.69, 9.17) is 0 Å². The molecule has 1 fully saturated rings. The fourth-order valence-electron chi connectivity index (χ4n) is 2.69. The summed E-state index contributed by atoms with van der Waals surface area (Å²) in [6.07, 6.45) is 3.74. The zero-order chi connectivity index (χ0) is 14.4. The topological polar surface area (TPSA) is 27.6 Å². The second-order valence-corrected chi connectivity index (χ2v) is 5.72. The maximum atomic E-state index is 4.37. The molecular formula is C17H27N3. The number of guanidine groups is 1. The SMILES string of the molecule is CCCCN(C)C(=NC)NCC1CC1c1ccccc1. The Hall–Kier alpha value is -1.51. The number of hydrogen-bond donors (Lipinski definition) is 1. The zero-order valence-corrected chi connectivity index (χ0v) is 13.0. The van der Waals surface area contributed by atoms with Gasteiger partial charge in [0.15, 0.2) is 5.96 Å². The molecule has 0 radical (unpaired) electrons. The Bertz CT molecular complexity index is 427. The van der Waals surface area contributed by atoms with Crippen LogP contribution in [-0.2, 0) is 0 Å². The summed E-state index contributed by atoms with van der Waals surface area (Å²) in [6, 6.07) is 10.8. The van der Waals surface area contributed by atoms with Gasteiger partial charge in [0, 0.05) is 27.2 Å². The number of aliphatic imine (C=N–C) groups is 1. The summed E-state index contributed by atoms with van der Waals surface area (Å²) in [5, 5.41) is 3.52. The lowest BCUT2D eigenvalue weighted by Crippen LogP contribution is -2.40. The van der Waals surface area contributed by atoms with Crippen molar-refractivity contribution in [1.82, 2.24) is 10.2 Å². The smallest absolute Gasteiger partial charge is 0.193 e. The molecule has 2 rings (SSSR count). The lowest BCUT2D eigenvalue weighted by molar-refractivity contribution is 0.462. The second kappa shape index (κ2) is 7.32. The highest BCUT2D eigenvalue weighted by Crippen LogP contribution is 2.46. The van der Waals surface area contributed by atoms with Gasteiger partial charge < -0.3 is 10.2 Å². The van der Waals surface area contributed by atoms with Crippen LogP contribution in [0.1, 0.15) is 37.7 Å². The number of unbranched alkanes of at least 4 members (excludes halogenated alkanes) is 1. The highest BCUT2D eigenvalue weighted by molar-refractivity contribution is 5.79. The van der Waals surface area contributed by atoms with Crippen LogP contribution < -0.4 is 5.32 Å². The van der Waals surface area contributed by atoms with Crippen molar-refractivity contribution in [2.45, 2.75) is 32.1 Å². The molecule has 0 saturated heterocycles. The average molecular weight is 273 g/mol. The van der Waals surface area contributed by atoms with Crippen LogP contribution in [0.5, 0.6) is 0 Å². The Morgan fingerprint density at radius 2 is 2.10 bits per heavy atom. The third kappa shape index (κ3) is 3.99. The minimum Gasteiger partial charge on any atom is -0.356 e. The Kier molecular flexibility index (Phi) is 5.45. The molecule has 2 atom stereocenters. The number of rotatable bonds is 6. The average Bonchev–Trinajstić information content (AvgIpc) is 3.26. The lowest BCUT2D eigenvalue weighted by atomic mass is 10.1. The minimum absolute atomic E-state index is 0.739. The summed E-state index contributed by atoms with van der Waals surface area (Å²) in [5.74, 6) is 2.52. The Balaban J connectivity index is 1.76. The molecule has 0 aromatic heterocycles. The first-order valence-electron chi connectivity index (χ1n) is 7.73. The van der Waals surface area contributed by atoms with Crippen molar-refractivity contribution < 1.29 is 0 Å². The van der Waals surface area contributed by atoms with Crippen LogP contribution in [0.4, 0.5) is 0 Å². The molecule has 1 N–H and O–H groups in total. The number of nitrogens with one attached hydrogen (secondary N) is 1. The molecule has 3 nitrogen and oxygen atoms in total. The van der Waals surface area contributed by atoms with E-state index in [1.165, 1.54) is 24.8 Å². The highest BCUT2D eigenvalue weighted by atomic mass is 15.3. The van der Waals surface area contributed by atoms with Crippen LogP contribution in [0.2, 0.25) is 0 Å². The lowest BCUT2D eigenvalue weighted by Gasteiger charge is -2.21. The highest BCUT2D eigenvalue weighted by Gasteiger charge is 2.37. The van der Waals surface area contributed by atoms with E-state index in [1.807, 2.05) is 7.05 Å². The largest absolute Gasteiger partial charge is 0.356 e. The molecule has 0 aliphatic heterocycles. The van der Waals surface area contributed by atoms with Gasteiger partial charge in [-0.05, 0) is 30.2 Å². The quantitative estimate of drug-likeness (QED) is 0.637. The van der Waals surface area contributed by atoms with Crippen LogP contribution in [0.25, 0.3) is 0 Å². The minimum atomic E-state index is 0.739. The van der Waals surface area contributed by atoms with Crippen molar-refractivity contribution in [3.63, 3.8) is 0 Å². The molecule has 0 amide bonds. The molecule has 3 heteroatoms. The predicted molar refractivity (Wildman–Crippen MR) is 86.2 cm³/mol. The van der Waals surface area contributed by atoms with Crippen molar-refractivity contribution >= 4 is 5.96 Å². The standard InChI is InChI=1S/C17H27N3/c1-4-5-11-20(3)17(18-2)19-13-15-12-16(15)14-9-7-6-8-10-14/h6-10,15-16H,4-5,11-13H2,1-3H3,(H,18,19). The number of benzene rings is 1. The van der Waals surface area contributed by atoms with Gasteiger partial charge in [-0.15, -0.1) is 0 Å². The maximum Gasteiger partial charge on any atom is 0.193 e. The first-order valence-corrected chi connectivity index (χ1v) is 7.73. The first-order chi connectivity index (χ1) is 9.76. The van der Waals surface area contributed by atoms with Gasteiger partial charge in [0.25, 0.3) is 0 Å². The van der Waals surface area contributed by atoms with Gasteiger partial charge in [-0.2, -0.15) is 0 Å². The predicted octanol–water partition coefficient (Wildman–Crippen LogP) is 3.10. The van der Waals surface area contributed by atoms with E-state index in [2.05, 4.69) is 59.5 Å². The molecule has 1 aromatic carbocycles. The molecular weight excluding hydrogens is 246 g/mol. The summed E-state index contributed by atoms with van der Waals surface area (Å²) < 4.78 is 0. The number of hydrogen-bond acceptors (Lipinski definition) is 1. The molecule has 1 saturated carbocycles. The van der Waals surface area contributed by atoms with Crippen molar-refractivity contribution in [1.29, 1.82) is 0 Å². The summed E-state index contributed by atoms with van der Waals surface area (Å²) in [4.78, 5) is 6.60. The van der Waals surface area contributed by atoms with Crippen molar-refractivity contribution in [3.8, 4) is 0 Å². The van der Waals surface area contributed by atoms with Crippen molar-refractivity contribution in [2.24, 2.45) is 10.9 Å². The van der Waals surface area contributed by atoms with Gasteiger partial charge in [-0.1, -0.05) is 43.7 Å². The molecule has 2 unspecified atom stereocenters. The fourth-order valence-corrected chi connectivity index (χ4v) is 2.69. The molecule has 0 heterocycles. The number of nitrogens with zero attached hydrogens (tertiary/aromatic N) is 2. The summed E-state index contributed by atoms with van der Waals surface area (Å²) in [6.45, 7) is 4.32. The van der Waals surface area contributed by atoms with Crippen LogP contribution in [-0.4, -0.2) is 38.0 Å². The molecule has 20 heavy (non-hydrogen) atoms. The van der Waals surface area contributed by atoms with Gasteiger partial charge in [0.05, 0.1) is 0 Å². The van der Waals surface area contributed by atoms with Gasteiger partial charge >= 0.3 is 0 Å². The molecule has 1 aromatic rings. The third-order valence-electron chi connectivity index (χ3n) is 4.09. The summed E-state index contributed by atoms with van der Waals surface area (Å²) in [5.41, 5.74) is 1.48. The van der Waals surface area contributed by atoms with E-state index in [9.17, 15) is 0 Å². The summed E-state index contributed by atoms with van der Waals surface area (Å²) >= 11 is 0. The van der Waals surface area contributed by atoms with Crippen molar-refractivity contribution in [3.05, 3.63) is 35.9 Å². The fraction of sp³-hybridized carbons (Fsp3) is 0.588. The Labute approximate surface area is 123 Å². The third-order valence-corrected chi connectivity index (χ3v) is 4.09. The van der Waals surface area contributed by atoms with Crippen LogP contribution in [0.15, 0.2) is 35.3 Å². The van der Waals surface area contributed by atoms with Gasteiger partial charge in [0.1, 0.15) is 0 Å². The van der Waals surface area contributed by atoms with Gasteiger partial charge in [-0.25, -0.2) is 0 Å². The van der Waals surface area contributed by atoms with Crippen LogP contribution >= 0.6 is 0 Å². The van der Waals surface area contributed by atoms with Crippen LogP contribution in [0.3, 0.4) is 0 Å². The molecule has 1 aliphatic rings. The van der Waals surface area contributed by atoms with E-state index >= 15 is 0 Å². The molecule has 110 valence electrons. The summed E-state index contributed by atoms with van der Waals surface area (Å²) in [7, 11) is 3.99. The van der Waals surface area contributed by atoms with Crippen molar-refractivity contribution in [2.75, 3.05) is 27.2 Å². The second-order valence-electron chi connectivity index (χ2n) is 5.72. The van der Waals surface area contributed by atoms with E-state index in [0.29, 0.717) is 0 Å². The normalized spacial score (nSPS) is 21.6. The van der Waals surface area contributed by atoms with Gasteiger partial charge in [-0.3, -0.25) is 4.99 Å². The molecule has 0 spiro atoms. The maximum absolute atomic E-state index is 4.37. The van der Waals surface area contributed by atoms with E-state index < -0.39 is 0 Å². The zero-order valence-electron chi connectivity index (χ0n) is 13.0. The van der Waals surface area contributed by atoms with E-state index in [1.54, 1.807) is 0 Å². The Morgan fingerprint density at radius 3 is 2.75 bits per heavy atom. The molecule has 1 aliphatic carbocycles. The monoisotopic (exact) mass is 273 g/mol. The van der Waals surface area contributed by atoms with Gasteiger partial charge in [0.2, 0.25) is 0 Å². The molecule has 0 bridgehead atoms.